The van der Waals surface area contributed by atoms with Gasteiger partial charge in [0.1, 0.15) is 0 Å². The van der Waals surface area contributed by atoms with Gasteiger partial charge in [-0.15, -0.1) is 11.3 Å². The van der Waals surface area contributed by atoms with Crippen LogP contribution in [0.3, 0.4) is 0 Å². The SMILES string of the molecule is Cc1csc(CCCNC(=O)[C@H]2CC(=O)N(Cc3cccnc3)C2)n1. The number of aryl methyl sites for hydroxylation is 2. The second kappa shape index (κ2) is 8.20. The van der Waals surface area contributed by atoms with E-state index in [1.165, 1.54) is 0 Å². The molecule has 132 valence electrons. The zero-order valence-electron chi connectivity index (χ0n) is 14.3. The van der Waals surface area contributed by atoms with Crippen molar-refractivity contribution in [1.29, 1.82) is 0 Å². The average molecular weight is 358 g/mol. The fourth-order valence-electron chi connectivity index (χ4n) is 2.93. The van der Waals surface area contributed by atoms with Crippen LogP contribution < -0.4 is 5.32 Å². The summed E-state index contributed by atoms with van der Waals surface area (Å²) in [4.78, 5) is 34.6. The van der Waals surface area contributed by atoms with Crippen molar-refractivity contribution in [1.82, 2.24) is 20.2 Å². The Bertz CT molecular complexity index is 732. The lowest BCUT2D eigenvalue weighted by atomic mass is 10.1. The van der Waals surface area contributed by atoms with Crippen molar-refractivity contribution in [3.05, 3.63) is 46.2 Å². The standard InChI is InChI=1S/C18H22N4O2S/c1-13-12-25-16(21-13)5-3-7-20-18(24)15-8-17(23)22(11-15)10-14-4-2-6-19-9-14/h2,4,6,9,12,15H,3,5,7-8,10-11H2,1H3,(H,20,24)/t15-/m0/s1. The lowest BCUT2D eigenvalue weighted by Crippen LogP contribution is -2.33. The Balaban J connectivity index is 1.41. The number of amides is 2. The monoisotopic (exact) mass is 358 g/mol. The first-order valence-corrected chi connectivity index (χ1v) is 9.35. The van der Waals surface area contributed by atoms with E-state index in [1.54, 1.807) is 28.6 Å². The Hall–Kier alpha value is -2.28. The van der Waals surface area contributed by atoms with Crippen LogP contribution in [0.2, 0.25) is 0 Å². The molecule has 0 spiro atoms. The van der Waals surface area contributed by atoms with Crippen LogP contribution in [0.15, 0.2) is 29.9 Å². The van der Waals surface area contributed by atoms with Crippen LogP contribution in [0.25, 0.3) is 0 Å². The van der Waals surface area contributed by atoms with E-state index in [9.17, 15) is 9.59 Å². The quantitative estimate of drug-likeness (QED) is 0.768. The molecule has 1 saturated heterocycles. The van der Waals surface area contributed by atoms with Gasteiger partial charge in [0, 0.05) is 55.9 Å². The summed E-state index contributed by atoms with van der Waals surface area (Å²) in [5.41, 5.74) is 2.03. The summed E-state index contributed by atoms with van der Waals surface area (Å²) in [5.74, 6) is -0.258. The summed E-state index contributed by atoms with van der Waals surface area (Å²) in [5, 5.41) is 6.09. The van der Waals surface area contributed by atoms with E-state index in [2.05, 4.69) is 15.3 Å². The highest BCUT2D eigenvalue weighted by atomic mass is 32.1. The van der Waals surface area contributed by atoms with E-state index in [-0.39, 0.29) is 24.2 Å². The smallest absolute Gasteiger partial charge is 0.225 e. The maximum atomic E-state index is 12.3. The van der Waals surface area contributed by atoms with E-state index in [1.807, 2.05) is 24.4 Å². The number of carbonyl (C=O) groups excluding carboxylic acids is 2. The van der Waals surface area contributed by atoms with Crippen LogP contribution in [0.5, 0.6) is 0 Å². The molecular weight excluding hydrogens is 336 g/mol. The normalized spacial score (nSPS) is 17.1. The summed E-state index contributed by atoms with van der Waals surface area (Å²) >= 11 is 1.65. The summed E-state index contributed by atoms with van der Waals surface area (Å²) in [6.45, 7) is 3.59. The second-order valence-corrected chi connectivity index (χ2v) is 7.26. The maximum Gasteiger partial charge on any atom is 0.225 e. The van der Waals surface area contributed by atoms with Gasteiger partial charge < -0.3 is 10.2 Å². The number of hydrogen-bond acceptors (Lipinski definition) is 5. The van der Waals surface area contributed by atoms with Gasteiger partial charge in [0.15, 0.2) is 0 Å². The summed E-state index contributed by atoms with van der Waals surface area (Å²) in [7, 11) is 0. The summed E-state index contributed by atoms with van der Waals surface area (Å²) in [6.07, 6.45) is 5.48. The number of nitrogens with zero attached hydrogens (tertiary/aromatic N) is 3. The van der Waals surface area contributed by atoms with E-state index in [0.717, 1.165) is 29.1 Å². The lowest BCUT2D eigenvalue weighted by molar-refractivity contribution is -0.129. The molecular formula is C18H22N4O2S. The predicted molar refractivity (Wildman–Crippen MR) is 95.9 cm³/mol. The molecule has 0 radical (unpaired) electrons. The van der Waals surface area contributed by atoms with Gasteiger partial charge in [-0.1, -0.05) is 6.07 Å². The molecule has 0 saturated carbocycles. The number of carbonyl (C=O) groups is 2. The molecule has 2 amide bonds. The Kier molecular flexibility index (Phi) is 5.75. The fraction of sp³-hybridized carbons (Fsp3) is 0.444. The molecule has 3 heterocycles. The first kappa shape index (κ1) is 17.5. The third kappa shape index (κ3) is 4.85. The molecule has 6 nitrogen and oxygen atoms in total. The van der Waals surface area contributed by atoms with Crippen molar-refractivity contribution in [2.45, 2.75) is 32.7 Å². The first-order valence-electron chi connectivity index (χ1n) is 8.47. The average Bonchev–Trinajstić information content (AvgIpc) is 3.18. The third-order valence-electron chi connectivity index (χ3n) is 4.21. The molecule has 0 bridgehead atoms. The largest absolute Gasteiger partial charge is 0.356 e. The number of rotatable bonds is 7. The van der Waals surface area contributed by atoms with Crippen LogP contribution in [0, 0.1) is 12.8 Å². The van der Waals surface area contributed by atoms with Crippen molar-refractivity contribution < 1.29 is 9.59 Å². The number of nitrogens with one attached hydrogen (secondary N) is 1. The maximum absolute atomic E-state index is 12.3. The van der Waals surface area contributed by atoms with Crippen molar-refractivity contribution in [2.75, 3.05) is 13.1 Å². The molecule has 2 aromatic rings. The number of thiazole rings is 1. The van der Waals surface area contributed by atoms with E-state index in [0.29, 0.717) is 19.6 Å². The van der Waals surface area contributed by atoms with Gasteiger partial charge in [0.25, 0.3) is 0 Å². The van der Waals surface area contributed by atoms with Crippen LogP contribution in [0.4, 0.5) is 0 Å². The zero-order valence-corrected chi connectivity index (χ0v) is 15.1. The third-order valence-corrected chi connectivity index (χ3v) is 5.24. The van der Waals surface area contributed by atoms with Crippen LogP contribution in [0.1, 0.15) is 29.1 Å². The summed E-state index contributed by atoms with van der Waals surface area (Å²) < 4.78 is 0. The highest BCUT2D eigenvalue weighted by molar-refractivity contribution is 7.09. The zero-order chi connectivity index (χ0) is 17.6. The molecule has 2 aromatic heterocycles. The Morgan fingerprint density at radius 1 is 1.48 bits per heavy atom. The van der Waals surface area contributed by atoms with Gasteiger partial charge in [-0.2, -0.15) is 0 Å². The van der Waals surface area contributed by atoms with Gasteiger partial charge in [-0.3, -0.25) is 14.6 Å². The molecule has 0 aliphatic carbocycles. The topological polar surface area (TPSA) is 75.2 Å². The Morgan fingerprint density at radius 3 is 3.08 bits per heavy atom. The Morgan fingerprint density at radius 2 is 2.36 bits per heavy atom. The lowest BCUT2D eigenvalue weighted by Gasteiger charge is -2.16. The van der Waals surface area contributed by atoms with Crippen molar-refractivity contribution in [2.24, 2.45) is 5.92 Å². The van der Waals surface area contributed by atoms with Crippen LogP contribution in [-0.2, 0) is 22.6 Å². The Labute approximate surface area is 151 Å². The highest BCUT2D eigenvalue weighted by Crippen LogP contribution is 2.20. The second-order valence-electron chi connectivity index (χ2n) is 6.31. The van der Waals surface area contributed by atoms with Gasteiger partial charge in [0.2, 0.25) is 11.8 Å². The molecule has 3 rings (SSSR count). The molecule has 1 aliphatic heterocycles. The predicted octanol–water partition coefficient (Wildman–Crippen LogP) is 1.94. The van der Waals surface area contributed by atoms with Crippen molar-refractivity contribution in [3.63, 3.8) is 0 Å². The van der Waals surface area contributed by atoms with Crippen LogP contribution >= 0.6 is 11.3 Å². The van der Waals surface area contributed by atoms with Gasteiger partial charge in [-0.05, 0) is 25.0 Å². The minimum Gasteiger partial charge on any atom is -0.356 e. The number of aromatic nitrogens is 2. The van der Waals surface area contributed by atoms with Crippen molar-refractivity contribution in [3.8, 4) is 0 Å². The molecule has 1 fully saturated rings. The number of likely N-dealkylation sites (tertiary alicyclic amines) is 1. The van der Waals surface area contributed by atoms with E-state index in [4.69, 9.17) is 0 Å². The fourth-order valence-corrected chi connectivity index (χ4v) is 3.74. The van der Waals surface area contributed by atoms with E-state index >= 15 is 0 Å². The van der Waals surface area contributed by atoms with Gasteiger partial charge >= 0.3 is 0 Å². The number of hydrogen-bond donors (Lipinski definition) is 1. The molecule has 1 N–H and O–H groups in total. The highest BCUT2D eigenvalue weighted by Gasteiger charge is 2.33. The molecule has 7 heteroatoms. The molecule has 0 unspecified atom stereocenters. The molecule has 1 aliphatic rings. The molecule has 1 atom stereocenters. The minimum absolute atomic E-state index is 0.0299. The van der Waals surface area contributed by atoms with Gasteiger partial charge in [0.05, 0.1) is 10.9 Å². The van der Waals surface area contributed by atoms with Gasteiger partial charge in [-0.25, -0.2) is 4.98 Å². The van der Waals surface area contributed by atoms with Crippen LogP contribution in [-0.4, -0.2) is 39.8 Å². The minimum atomic E-state index is -0.258. The summed E-state index contributed by atoms with van der Waals surface area (Å²) in [6, 6.07) is 3.79. The first-order chi connectivity index (χ1) is 12.1. The molecule has 25 heavy (non-hydrogen) atoms. The molecule has 0 aromatic carbocycles. The van der Waals surface area contributed by atoms with E-state index < -0.39 is 0 Å². The van der Waals surface area contributed by atoms with Crippen molar-refractivity contribution >= 4 is 23.2 Å². The number of pyridine rings is 1.